The monoisotopic (exact) mass is 241 g/mol. The average Bonchev–Trinajstić information content (AvgIpc) is 2.73. The van der Waals surface area contributed by atoms with Gasteiger partial charge in [-0.15, -0.1) is 0 Å². The average molecular weight is 241 g/mol. The normalized spacial score (nSPS) is 29.9. The molecule has 4 nitrogen and oxygen atoms in total. The van der Waals surface area contributed by atoms with Gasteiger partial charge < -0.3 is 11.1 Å². The topological polar surface area (TPSA) is 58.4 Å². The van der Waals surface area contributed by atoms with Gasteiger partial charge in [-0.1, -0.05) is 6.92 Å². The molecule has 0 spiro atoms. The van der Waals surface area contributed by atoms with E-state index in [1.54, 1.807) is 0 Å². The van der Waals surface area contributed by atoms with Gasteiger partial charge >= 0.3 is 0 Å². The Morgan fingerprint density at radius 3 is 2.53 bits per heavy atom. The second kappa shape index (κ2) is 4.94. The molecule has 1 rings (SSSR count). The van der Waals surface area contributed by atoms with Crippen molar-refractivity contribution in [2.75, 3.05) is 14.1 Å². The van der Waals surface area contributed by atoms with Gasteiger partial charge in [0.2, 0.25) is 5.91 Å². The van der Waals surface area contributed by atoms with Crippen LogP contribution >= 0.6 is 0 Å². The Morgan fingerprint density at radius 1 is 1.59 bits per heavy atom. The lowest BCUT2D eigenvalue weighted by Crippen LogP contribution is -2.54. The van der Waals surface area contributed by atoms with Gasteiger partial charge in [0.15, 0.2) is 0 Å². The van der Waals surface area contributed by atoms with E-state index in [1.807, 2.05) is 7.05 Å². The summed E-state index contributed by atoms with van der Waals surface area (Å²) >= 11 is 0. The fraction of sp³-hybridized carbons (Fsp3) is 0.923. The van der Waals surface area contributed by atoms with E-state index in [4.69, 9.17) is 5.73 Å². The van der Waals surface area contributed by atoms with Crippen LogP contribution in [-0.2, 0) is 4.79 Å². The van der Waals surface area contributed by atoms with E-state index in [0.717, 1.165) is 25.7 Å². The van der Waals surface area contributed by atoms with Crippen LogP contribution in [0.1, 0.15) is 46.5 Å². The summed E-state index contributed by atoms with van der Waals surface area (Å²) in [5, 5.41) is 3.13. The van der Waals surface area contributed by atoms with Crippen LogP contribution < -0.4 is 11.1 Å². The number of hydrogen-bond acceptors (Lipinski definition) is 3. The molecule has 0 saturated heterocycles. The van der Waals surface area contributed by atoms with Crippen LogP contribution in [0.5, 0.6) is 0 Å². The lowest BCUT2D eigenvalue weighted by Gasteiger charge is -2.40. The third-order valence-corrected chi connectivity index (χ3v) is 4.81. The lowest BCUT2D eigenvalue weighted by atomic mass is 9.94. The van der Waals surface area contributed by atoms with Crippen LogP contribution in [0, 0.1) is 0 Å². The van der Waals surface area contributed by atoms with E-state index in [1.165, 1.54) is 0 Å². The summed E-state index contributed by atoms with van der Waals surface area (Å²) in [6, 6.07) is 0.435. The van der Waals surface area contributed by atoms with E-state index < -0.39 is 5.54 Å². The summed E-state index contributed by atoms with van der Waals surface area (Å²) in [7, 11) is 3.99. The number of primary amides is 1. The first-order chi connectivity index (χ1) is 7.79. The van der Waals surface area contributed by atoms with E-state index >= 15 is 0 Å². The third kappa shape index (κ3) is 2.63. The Balaban J connectivity index is 2.76. The molecule has 2 unspecified atom stereocenters. The van der Waals surface area contributed by atoms with Crippen LogP contribution in [0.15, 0.2) is 0 Å². The van der Waals surface area contributed by atoms with Crippen LogP contribution in [0.3, 0.4) is 0 Å². The Morgan fingerprint density at radius 2 is 2.18 bits per heavy atom. The van der Waals surface area contributed by atoms with E-state index in [2.05, 4.69) is 38.0 Å². The number of nitrogens with one attached hydrogen (secondary N) is 1. The zero-order valence-electron chi connectivity index (χ0n) is 11.8. The molecule has 1 aliphatic rings. The maximum Gasteiger partial charge on any atom is 0.237 e. The molecular formula is C13H27N3O. The molecule has 2 atom stereocenters. The van der Waals surface area contributed by atoms with Crippen molar-refractivity contribution in [3.05, 3.63) is 0 Å². The number of amides is 1. The first-order valence-electron chi connectivity index (χ1n) is 6.51. The second-order valence-corrected chi connectivity index (χ2v) is 5.87. The number of nitrogens with zero attached hydrogens (tertiary/aromatic N) is 1. The van der Waals surface area contributed by atoms with Crippen LogP contribution in [0.4, 0.5) is 0 Å². The van der Waals surface area contributed by atoms with E-state index in [-0.39, 0.29) is 11.4 Å². The highest BCUT2D eigenvalue weighted by Crippen LogP contribution is 2.35. The molecule has 0 aromatic rings. The summed E-state index contributed by atoms with van der Waals surface area (Å²) < 4.78 is 0. The minimum absolute atomic E-state index is 0.173. The molecule has 0 aromatic heterocycles. The van der Waals surface area contributed by atoms with Crippen molar-refractivity contribution in [1.82, 2.24) is 10.2 Å². The molecule has 0 heterocycles. The van der Waals surface area contributed by atoms with Crippen molar-refractivity contribution >= 4 is 5.91 Å². The molecule has 3 N–H and O–H groups in total. The van der Waals surface area contributed by atoms with Gasteiger partial charge in [-0.3, -0.25) is 9.69 Å². The molecule has 4 heteroatoms. The van der Waals surface area contributed by atoms with Crippen molar-refractivity contribution in [1.29, 1.82) is 0 Å². The Labute approximate surface area is 105 Å². The van der Waals surface area contributed by atoms with Crippen molar-refractivity contribution in [2.45, 2.75) is 63.6 Å². The minimum atomic E-state index is -0.497. The fourth-order valence-corrected chi connectivity index (χ4v) is 2.67. The third-order valence-electron chi connectivity index (χ3n) is 4.81. The van der Waals surface area contributed by atoms with Gasteiger partial charge in [-0.2, -0.15) is 0 Å². The number of rotatable bonds is 5. The van der Waals surface area contributed by atoms with Crippen LogP contribution in [-0.4, -0.2) is 42.0 Å². The highest BCUT2D eigenvalue weighted by atomic mass is 16.1. The molecule has 0 radical (unpaired) electrons. The standard InChI is InChI=1S/C13H27N3O/c1-6-12(2,3)16(5)10-7-8-13(9-10,15-4)11(14)17/h10,15H,6-9H2,1-5H3,(H2,14,17). The van der Waals surface area contributed by atoms with Gasteiger partial charge in [0.1, 0.15) is 0 Å². The van der Waals surface area contributed by atoms with Gasteiger partial charge in [-0.05, 0) is 53.6 Å². The summed E-state index contributed by atoms with van der Waals surface area (Å²) in [4.78, 5) is 14.0. The van der Waals surface area contributed by atoms with Gasteiger partial charge in [0.25, 0.3) is 0 Å². The molecule has 1 saturated carbocycles. The molecule has 0 aromatic carbocycles. The zero-order valence-corrected chi connectivity index (χ0v) is 11.8. The number of carbonyl (C=O) groups is 1. The van der Waals surface area contributed by atoms with Crippen LogP contribution in [0.25, 0.3) is 0 Å². The maximum absolute atomic E-state index is 11.6. The van der Waals surface area contributed by atoms with Crippen molar-refractivity contribution in [3.8, 4) is 0 Å². The van der Waals surface area contributed by atoms with Crippen molar-refractivity contribution < 1.29 is 4.79 Å². The van der Waals surface area contributed by atoms with Gasteiger partial charge in [0, 0.05) is 11.6 Å². The quantitative estimate of drug-likeness (QED) is 0.758. The summed E-state index contributed by atoms with van der Waals surface area (Å²) in [5.74, 6) is -0.217. The first-order valence-corrected chi connectivity index (χ1v) is 6.51. The maximum atomic E-state index is 11.6. The molecule has 1 aliphatic carbocycles. The predicted octanol–water partition coefficient (Wildman–Crippen LogP) is 1.10. The second-order valence-electron chi connectivity index (χ2n) is 5.87. The Kier molecular flexibility index (Phi) is 4.20. The molecule has 0 bridgehead atoms. The first kappa shape index (κ1) is 14.5. The highest BCUT2D eigenvalue weighted by molar-refractivity contribution is 5.85. The molecule has 100 valence electrons. The fourth-order valence-electron chi connectivity index (χ4n) is 2.67. The highest BCUT2D eigenvalue weighted by Gasteiger charge is 2.45. The Hall–Kier alpha value is -0.610. The molecule has 17 heavy (non-hydrogen) atoms. The number of nitrogens with two attached hydrogens (primary N) is 1. The molecule has 1 amide bonds. The summed E-state index contributed by atoms with van der Waals surface area (Å²) in [6.45, 7) is 6.69. The number of hydrogen-bond donors (Lipinski definition) is 2. The van der Waals surface area contributed by atoms with E-state index in [0.29, 0.717) is 6.04 Å². The Bertz CT molecular complexity index is 290. The minimum Gasteiger partial charge on any atom is -0.368 e. The number of carbonyl (C=O) groups excluding carboxylic acids is 1. The largest absolute Gasteiger partial charge is 0.368 e. The lowest BCUT2D eigenvalue weighted by molar-refractivity contribution is -0.124. The zero-order chi connectivity index (χ0) is 13.3. The van der Waals surface area contributed by atoms with Gasteiger partial charge in [0.05, 0.1) is 5.54 Å². The smallest absolute Gasteiger partial charge is 0.237 e. The van der Waals surface area contributed by atoms with E-state index in [9.17, 15) is 4.79 Å². The SMILES string of the molecule is CCC(C)(C)N(C)C1CCC(NC)(C(N)=O)C1. The summed E-state index contributed by atoms with van der Waals surface area (Å²) in [6.07, 6.45) is 3.79. The summed E-state index contributed by atoms with van der Waals surface area (Å²) in [5.41, 5.74) is 5.20. The number of likely N-dealkylation sites (N-methyl/N-ethyl adjacent to an activating group) is 1. The van der Waals surface area contributed by atoms with Crippen molar-refractivity contribution in [3.63, 3.8) is 0 Å². The van der Waals surface area contributed by atoms with Crippen molar-refractivity contribution in [2.24, 2.45) is 5.73 Å². The van der Waals surface area contributed by atoms with Gasteiger partial charge in [-0.25, -0.2) is 0 Å². The predicted molar refractivity (Wildman–Crippen MR) is 70.8 cm³/mol. The molecule has 0 aliphatic heterocycles. The van der Waals surface area contributed by atoms with Crippen LogP contribution in [0.2, 0.25) is 0 Å². The molecular weight excluding hydrogens is 214 g/mol. The molecule has 1 fully saturated rings.